The molecule has 2 aromatic rings. The second kappa shape index (κ2) is 6.90. The Morgan fingerprint density at radius 1 is 1.19 bits per heavy atom. The number of rotatable bonds is 4. The van der Waals surface area contributed by atoms with Crippen LogP contribution in [0.15, 0.2) is 32.5 Å². The van der Waals surface area contributed by atoms with Crippen LogP contribution in [0.1, 0.15) is 43.1 Å². The normalized spacial score (nSPS) is 13.4. The predicted molar refractivity (Wildman–Crippen MR) is 98.2 cm³/mol. The molecule has 0 saturated carbocycles. The lowest BCUT2D eigenvalue weighted by Crippen LogP contribution is -2.19. The quantitative estimate of drug-likeness (QED) is 0.694. The fourth-order valence-corrected chi connectivity index (χ4v) is 4.48. The Kier molecular flexibility index (Phi) is 5.63. The van der Waals surface area contributed by atoms with Gasteiger partial charge in [0.1, 0.15) is 0 Å². The zero-order valence-electron chi connectivity index (χ0n) is 12.7. The minimum Gasteiger partial charge on any atom is -0.313 e. The molecule has 114 valence electrons. The standard InChI is InChI=1S/C16H20Br2N2S/c1-16(2,3)14-9-21-15(20-14)8-13(19-4)10-5-11(17)7-12(18)6-10/h5-7,9,13,19H,8H2,1-4H3. The average Bonchev–Trinajstić information content (AvgIpc) is 2.83. The van der Waals surface area contributed by atoms with Gasteiger partial charge in [0, 0.05) is 32.2 Å². The Balaban J connectivity index is 2.21. The summed E-state index contributed by atoms with van der Waals surface area (Å²) < 4.78 is 2.17. The molecule has 21 heavy (non-hydrogen) atoms. The van der Waals surface area contributed by atoms with E-state index in [2.05, 4.69) is 81.5 Å². The van der Waals surface area contributed by atoms with E-state index in [0.29, 0.717) is 0 Å². The monoisotopic (exact) mass is 430 g/mol. The Morgan fingerprint density at radius 2 is 1.81 bits per heavy atom. The minimum atomic E-state index is 0.114. The number of hydrogen-bond acceptors (Lipinski definition) is 3. The van der Waals surface area contributed by atoms with Crippen LogP contribution in [-0.2, 0) is 11.8 Å². The van der Waals surface area contributed by atoms with E-state index in [1.807, 2.05) is 7.05 Å². The SMILES string of the molecule is CNC(Cc1nc(C(C)(C)C)cs1)c1cc(Br)cc(Br)c1. The van der Waals surface area contributed by atoms with Crippen molar-refractivity contribution in [2.24, 2.45) is 0 Å². The van der Waals surface area contributed by atoms with E-state index >= 15 is 0 Å². The van der Waals surface area contributed by atoms with E-state index in [9.17, 15) is 0 Å². The van der Waals surface area contributed by atoms with Crippen LogP contribution in [0.3, 0.4) is 0 Å². The fourth-order valence-electron chi connectivity index (χ4n) is 2.09. The highest BCUT2D eigenvalue weighted by Gasteiger charge is 2.19. The number of hydrogen-bond donors (Lipinski definition) is 1. The molecule has 1 unspecified atom stereocenters. The molecule has 1 heterocycles. The average molecular weight is 432 g/mol. The molecule has 0 amide bonds. The number of aromatic nitrogens is 1. The van der Waals surface area contributed by atoms with Gasteiger partial charge in [-0.05, 0) is 30.8 Å². The molecule has 0 fully saturated rings. The summed E-state index contributed by atoms with van der Waals surface area (Å²) >= 11 is 8.86. The van der Waals surface area contributed by atoms with E-state index in [1.54, 1.807) is 11.3 Å². The molecule has 0 aliphatic heterocycles. The summed E-state index contributed by atoms with van der Waals surface area (Å²) in [5.74, 6) is 0. The van der Waals surface area contributed by atoms with Crippen molar-refractivity contribution in [2.45, 2.75) is 38.6 Å². The van der Waals surface area contributed by atoms with Crippen LogP contribution in [0.5, 0.6) is 0 Å². The first-order valence-corrected chi connectivity index (χ1v) is 9.34. The van der Waals surface area contributed by atoms with E-state index in [-0.39, 0.29) is 11.5 Å². The summed E-state index contributed by atoms with van der Waals surface area (Å²) in [5.41, 5.74) is 2.54. The zero-order chi connectivity index (χ0) is 15.6. The third kappa shape index (κ3) is 4.62. The summed E-state index contributed by atoms with van der Waals surface area (Å²) in [5, 5.41) is 6.75. The molecule has 5 heteroatoms. The van der Waals surface area contributed by atoms with Crippen molar-refractivity contribution in [2.75, 3.05) is 7.05 Å². The molecule has 1 N–H and O–H groups in total. The highest BCUT2D eigenvalue weighted by atomic mass is 79.9. The van der Waals surface area contributed by atoms with E-state index in [0.717, 1.165) is 15.4 Å². The van der Waals surface area contributed by atoms with Crippen LogP contribution in [0.25, 0.3) is 0 Å². The summed E-state index contributed by atoms with van der Waals surface area (Å²) in [6.07, 6.45) is 0.903. The first-order valence-electron chi connectivity index (χ1n) is 6.87. The third-order valence-electron chi connectivity index (χ3n) is 3.33. The van der Waals surface area contributed by atoms with Gasteiger partial charge in [0.2, 0.25) is 0 Å². The maximum Gasteiger partial charge on any atom is 0.0947 e. The van der Waals surface area contributed by atoms with Gasteiger partial charge in [0.25, 0.3) is 0 Å². The Labute approximate surface area is 147 Å². The first kappa shape index (κ1) is 17.1. The number of thiazole rings is 1. The summed E-state index contributed by atoms with van der Waals surface area (Å²) in [4.78, 5) is 4.79. The lowest BCUT2D eigenvalue weighted by atomic mass is 9.93. The topological polar surface area (TPSA) is 24.9 Å². The Bertz CT molecular complexity index is 597. The zero-order valence-corrected chi connectivity index (χ0v) is 16.7. The van der Waals surface area contributed by atoms with Gasteiger partial charge in [-0.25, -0.2) is 4.98 Å². The molecular formula is C16H20Br2N2S. The Morgan fingerprint density at radius 3 is 2.29 bits per heavy atom. The molecule has 2 rings (SSSR count). The van der Waals surface area contributed by atoms with Crippen molar-refractivity contribution in [3.63, 3.8) is 0 Å². The first-order chi connectivity index (χ1) is 9.79. The second-order valence-corrected chi connectivity index (χ2v) is 8.90. The summed E-state index contributed by atoms with van der Waals surface area (Å²) in [6, 6.07) is 6.63. The van der Waals surface area contributed by atoms with Gasteiger partial charge < -0.3 is 5.32 Å². The van der Waals surface area contributed by atoms with Crippen LogP contribution in [0.4, 0.5) is 0 Å². The van der Waals surface area contributed by atoms with Gasteiger partial charge in [-0.1, -0.05) is 52.6 Å². The van der Waals surface area contributed by atoms with Gasteiger partial charge in [-0.3, -0.25) is 0 Å². The maximum atomic E-state index is 4.79. The molecule has 1 atom stereocenters. The van der Waals surface area contributed by atoms with E-state index in [4.69, 9.17) is 4.98 Å². The van der Waals surface area contributed by atoms with Crippen molar-refractivity contribution < 1.29 is 0 Å². The van der Waals surface area contributed by atoms with Crippen molar-refractivity contribution in [3.8, 4) is 0 Å². The van der Waals surface area contributed by atoms with Crippen molar-refractivity contribution in [1.82, 2.24) is 10.3 Å². The second-order valence-electron chi connectivity index (χ2n) is 6.12. The smallest absolute Gasteiger partial charge is 0.0947 e. The van der Waals surface area contributed by atoms with E-state index < -0.39 is 0 Å². The van der Waals surface area contributed by atoms with E-state index in [1.165, 1.54) is 16.3 Å². The number of nitrogens with one attached hydrogen (secondary N) is 1. The summed E-state index contributed by atoms with van der Waals surface area (Å²) in [6.45, 7) is 6.60. The number of halogens is 2. The third-order valence-corrected chi connectivity index (χ3v) is 5.12. The largest absolute Gasteiger partial charge is 0.313 e. The fraction of sp³-hybridized carbons (Fsp3) is 0.438. The van der Waals surface area contributed by atoms with Crippen molar-refractivity contribution >= 4 is 43.2 Å². The lowest BCUT2D eigenvalue weighted by molar-refractivity contribution is 0.560. The van der Waals surface area contributed by atoms with Crippen LogP contribution < -0.4 is 5.32 Å². The number of benzene rings is 1. The molecule has 2 nitrogen and oxygen atoms in total. The highest BCUT2D eigenvalue weighted by Crippen LogP contribution is 2.29. The highest BCUT2D eigenvalue weighted by molar-refractivity contribution is 9.11. The van der Waals surface area contributed by atoms with Gasteiger partial charge in [0.15, 0.2) is 0 Å². The molecule has 0 saturated heterocycles. The molecule has 1 aromatic carbocycles. The molecule has 0 aliphatic carbocycles. The lowest BCUT2D eigenvalue weighted by Gasteiger charge is -2.17. The maximum absolute atomic E-state index is 4.79. The van der Waals surface area contributed by atoms with Crippen LogP contribution >= 0.6 is 43.2 Å². The molecular weight excluding hydrogens is 412 g/mol. The number of likely N-dealkylation sites (N-methyl/N-ethyl adjacent to an activating group) is 1. The van der Waals surface area contributed by atoms with Gasteiger partial charge in [-0.2, -0.15) is 0 Å². The minimum absolute atomic E-state index is 0.114. The van der Waals surface area contributed by atoms with Gasteiger partial charge >= 0.3 is 0 Å². The molecule has 0 bridgehead atoms. The van der Waals surface area contributed by atoms with Crippen molar-refractivity contribution in [1.29, 1.82) is 0 Å². The van der Waals surface area contributed by atoms with Gasteiger partial charge in [-0.15, -0.1) is 11.3 Å². The van der Waals surface area contributed by atoms with Crippen LogP contribution in [0, 0.1) is 0 Å². The summed E-state index contributed by atoms with van der Waals surface area (Å²) in [7, 11) is 2.00. The van der Waals surface area contributed by atoms with Crippen LogP contribution in [0.2, 0.25) is 0 Å². The Hall–Kier alpha value is -0.230. The number of nitrogens with zero attached hydrogens (tertiary/aromatic N) is 1. The van der Waals surface area contributed by atoms with Crippen molar-refractivity contribution in [3.05, 3.63) is 48.8 Å². The van der Waals surface area contributed by atoms with Gasteiger partial charge in [0.05, 0.1) is 10.7 Å². The van der Waals surface area contributed by atoms with Crippen LogP contribution in [-0.4, -0.2) is 12.0 Å². The molecule has 1 aromatic heterocycles. The molecule has 0 radical (unpaired) electrons. The predicted octanol–water partition coefficient (Wildman–Crippen LogP) is 5.47. The molecule has 0 spiro atoms. The molecule has 0 aliphatic rings.